The van der Waals surface area contributed by atoms with Gasteiger partial charge < -0.3 is 14.7 Å². The predicted molar refractivity (Wildman–Crippen MR) is 112 cm³/mol. The van der Waals surface area contributed by atoms with Crippen LogP contribution in [-0.4, -0.2) is 32.8 Å². The summed E-state index contributed by atoms with van der Waals surface area (Å²) in [6.07, 6.45) is 2.32. The Labute approximate surface area is 172 Å². The number of aromatic nitrogens is 2. The summed E-state index contributed by atoms with van der Waals surface area (Å²) >= 11 is 0. The molecule has 1 fully saturated rings. The molecule has 1 unspecified atom stereocenters. The molecule has 7 nitrogen and oxygen atoms in total. The largest absolute Gasteiger partial charge is 0.441 e. The first-order valence-electron chi connectivity index (χ1n) is 9.79. The summed E-state index contributed by atoms with van der Waals surface area (Å²) in [6.45, 7) is 1.87. The Morgan fingerprint density at radius 2 is 1.83 bits per heavy atom. The van der Waals surface area contributed by atoms with Crippen molar-refractivity contribution in [2.45, 2.75) is 25.9 Å². The van der Waals surface area contributed by atoms with E-state index in [1.54, 1.807) is 6.92 Å². The SMILES string of the molecule is Cc1oc(-c2ccccc2)nc1CN1C(=O)NC(Cc2c[nH]c3ccccc23)C1=O. The summed E-state index contributed by atoms with van der Waals surface area (Å²) in [5, 5.41) is 3.85. The number of benzene rings is 2. The van der Waals surface area contributed by atoms with Crippen LogP contribution in [0.2, 0.25) is 0 Å². The molecule has 0 aliphatic carbocycles. The first kappa shape index (κ1) is 18.2. The number of hydrogen-bond donors (Lipinski definition) is 2. The fraction of sp³-hybridized carbons (Fsp3) is 0.174. The van der Waals surface area contributed by atoms with E-state index in [9.17, 15) is 9.59 Å². The third kappa shape index (κ3) is 3.14. The number of carbonyl (C=O) groups excluding carboxylic acids is 2. The van der Waals surface area contributed by atoms with E-state index in [1.807, 2.05) is 60.8 Å². The second-order valence-electron chi connectivity index (χ2n) is 7.38. The lowest BCUT2D eigenvalue weighted by Crippen LogP contribution is -2.32. The molecule has 30 heavy (non-hydrogen) atoms. The normalized spacial score (nSPS) is 16.4. The van der Waals surface area contributed by atoms with Gasteiger partial charge in [-0.3, -0.25) is 9.69 Å². The molecular formula is C23H20N4O3. The number of oxazole rings is 1. The minimum Gasteiger partial charge on any atom is -0.441 e. The number of carbonyl (C=O) groups is 2. The molecule has 5 rings (SSSR count). The average Bonchev–Trinajstić information content (AvgIpc) is 3.42. The summed E-state index contributed by atoms with van der Waals surface area (Å²) in [4.78, 5) is 34.4. The zero-order valence-corrected chi connectivity index (χ0v) is 16.4. The van der Waals surface area contributed by atoms with Gasteiger partial charge in [0.1, 0.15) is 17.5 Å². The van der Waals surface area contributed by atoms with Gasteiger partial charge in [-0.05, 0) is 30.7 Å². The van der Waals surface area contributed by atoms with E-state index < -0.39 is 12.1 Å². The maximum absolute atomic E-state index is 12.9. The lowest BCUT2D eigenvalue weighted by Gasteiger charge is -2.11. The molecule has 2 aromatic carbocycles. The van der Waals surface area contributed by atoms with Crippen LogP contribution in [0.5, 0.6) is 0 Å². The van der Waals surface area contributed by atoms with E-state index >= 15 is 0 Å². The molecule has 0 spiro atoms. The van der Waals surface area contributed by atoms with Crippen molar-refractivity contribution >= 4 is 22.8 Å². The molecule has 1 aliphatic rings. The Balaban J connectivity index is 1.34. The molecule has 2 N–H and O–H groups in total. The number of H-pyrrole nitrogens is 1. The van der Waals surface area contributed by atoms with Crippen molar-refractivity contribution in [1.82, 2.24) is 20.2 Å². The van der Waals surface area contributed by atoms with E-state index in [2.05, 4.69) is 15.3 Å². The molecule has 0 saturated carbocycles. The molecule has 1 aliphatic heterocycles. The molecule has 3 heterocycles. The van der Waals surface area contributed by atoms with Gasteiger partial charge in [-0.1, -0.05) is 36.4 Å². The Bertz CT molecular complexity index is 1240. The highest BCUT2D eigenvalue weighted by molar-refractivity contribution is 6.04. The molecule has 3 amide bonds. The molecule has 0 bridgehead atoms. The summed E-state index contributed by atoms with van der Waals surface area (Å²) in [7, 11) is 0. The van der Waals surface area contributed by atoms with Crippen LogP contribution in [0.4, 0.5) is 4.79 Å². The minimum atomic E-state index is -0.600. The quantitative estimate of drug-likeness (QED) is 0.499. The molecule has 0 radical (unpaired) electrons. The standard InChI is InChI=1S/C23H20N4O3/c1-14-20(25-21(30-14)15-7-3-2-4-8-15)13-27-22(28)19(26-23(27)29)11-16-12-24-18-10-6-5-9-17(16)18/h2-10,12,19,24H,11,13H2,1H3,(H,26,29). The Morgan fingerprint density at radius 1 is 1.07 bits per heavy atom. The number of aryl methyl sites for hydroxylation is 1. The Kier molecular flexibility index (Phi) is 4.35. The van der Waals surface area contributed by atoms with Gasteiger partial charge in [-0.2, -0.15) is 0 Å². The van der Waals surface area contributed by atoms with Gasteiger partial charge >= 0.3 is 6.03 Å². The van der Waals surface area contributed by atoms with E-state index in [0.717, 1.165) is 22.0 Å². The molecule has 1 saturated heterocycles. The van der Waals surface area contributed by atoms with Crippen LogP contribution < -0.4 is 5.32 Å². The van der Waals surface area contributed by atoms with Crippen LogP contribution in [0.15, 0.2) is 65.2 Å². The Hall–Kier alpha value is -3.87. The van der Waals surface area contributed by atoms with Crippen LogP contribution in [0.3, 0.4) is 0 Å². The predicted octanol–water partition coefficient (Wildman–Crippen LogP) is 3.79. The number of nitrogens with one attached hydrogen (secondary N) is 2. The fourth-order valence-corrected chi connectivity index (χ4v) is 3.81. The lowest BCUT2D eigenvalue weighted by atomic mass is 10.1. The summed E-state index contributed by atoms with van der Waals surface area (Å²) < 4.78 is 5.76. The number of nitrogens with zero attached hydrogens (tertiary/aromatic N) is 2. The smallest absolute Gasteiger partial charge is 0.325 e. The van der Waals surface area contributed by atoms with Crippen molar-refractivity contribution in [2.24, 2.45) is 0 Å². The Morgan fingerprint density at radius 3 is 2.67 bits per heavy atom. The first-order chi connectivity index (χ1) is 14.6. The van der Waals surface area contributed by atoms with Crippen molar-refractivity contribution in [2.75, 3.05) is 0 Å². The number of aromatic amines is 1. The number of hydrogen-bond acceptors (Lipinski definition) is 4. The van der Waals surface area contributed by atoms with Crippen LogP contribution in [0.1, 0.15) is 17.0 Å². The molecule has 150 valence electrons. The number of rotatable bonds is 5. The number of amides is 3. The number of imide groups is 1. The highest BCUT2D eigenvalue weighted by Crippen LogP contribution is 2.25. The average molecular weight is 400 g/mol. The van der Waals surface area contributed by atoms with Gasteiger partial charge in [0.25, 0.3) is 5.91 Å². The summed E-state index contributed by atoms with van der Waals surface area (Å²) in [5.74, 6) is 0.814. The van der Waals surface area contributed by atoms with Gasteiger partial charge in [0.15, 0.2) is 0 Å². The van der Waals surface area contributed by atoms with Gasteiger partial charge in [0.05, 0.1) is 6.54 Å². The third-order valence-corrected chi connectivity index (χ3v) is 5.43. The lowest BCUT2D eigenvalue weighted by molar-refractivity contribution is -0.127. The van der Waals surface area contributed by atoms with Crippen LogP contribution in [0.25, 0.3) is 22.4 Å². The highest BCUT2D eigenvalue weighted by Gasteiger charge is 2.39. The maximum atomic E-state index is 12.9. The second-order valence-corrected chi connectivity index (χ2v) is 7.38. The van der Waals surface area contributed by atoms with Crippen molar-refractivity contribution in [1.29, 1.82) is 0 Å². The van der Waals surface area contributed by atoms with Crippen LogP contribution >= 0.6 is 0 Å². The van der Waals surface area contributed by atoms with Crippen molar-refractivity contribution in [3.05, 3.63) is 77.8 Å². The van der Waals surface area contributed by atoms with Gasteiger partial charge in [0.2, 0.25) is 5.89 Å². The molecule has 2 aromatic heterocycles. The monoisotopic (exact) mass is 400 g/mol. The first-order valence-corrected chi connectivity index (χ1v) is 9.79. The third-order valence-electron chi connectivity index (χ3n) is 5.43. The highest BCUT2D eigenvalue weighted by atomic mass is 16.4. The van der Waals surface area contributed by atoms with Crippen LogP contribution in [0, 0.1) is 6.92 Å². The topological polar surface area (TPSA) is 91.2 Å². The maximum Gasteiger partial charge on any atom is 0.325 e. The zero-order chi connectivity index (χ0) is 20.7. The molecular weight excluding hydrogens is 380 g/mol. The molecule has 1 atom stereocenters. The van der Waals surface area contributed by atoms with E-state index in [1.165, 1.54) is 4.90 Å². The molecule has 7 heteroatoms. The van der Waals surface area contributed by atoms with Gasteiger partial charge in [-0.15, -0.1) is 0 Å². The van der Waals surface area contributed by atoms with Crippen molar-refractivity contribution < 1.29 is 14.0 Å². The van der Waals surface area contributed by atoms with Crippen molar-refractivity contribution in [3.8, 4) is 11.5 Å². The summed E-state index contributed by atoms with van der Waals surface area (Å²) in [5.41, 5.74) is 3.43. The number of fused-ring (bicyclic) bond motifs is 1. The zero-order valence-electron chi connectivity index (χ0n) is 16.4. The summed E-state index contributed by atoms with van der Waals surface area (Å²) in [6, 6.07) is 16.4. The minimum absolute atomic E-state index is 0.0806. The van der Waals surface area contributed by atoms with E-state index in [-0.39, 0.29) is 12.5 Å². The van der Waals surface area contributed by atoms with Gasteiger partial charge in [-0.25, -0.2) is 9.78 Å². The van der Waals surface area contributed by atoms with Crippen LogP contribution in [-0.2, 0) is 17.8 Å². The fourth-order valence-electron chi connectivity index (χ4n) is 3.81. The van der Waals surface area contributed by atoms with Crippen molar-refractivity contribution in [3.63, 3.8) is 0 Å². The van der Waals surface area contributed by atoms with E-state index in [0.29, 0.717) is 23.8 Å². The number of para-hydroxylation sites is 1. The number of urea groups is 1. The van der Waals surface area contributed by atoms with Gasteiger partial charge in [0, 0.05) is 29.1 Å². The second kappa shape index (κ2) is 7.18. The van der Waals surface area contributed by atoms with E-state index in [4.69, 9.17) is 4.42 Å². The molecule has 4 aromatic rings.